The van der Waals surface area contributed by atoms with Gasteiger partial charge in [0.15, 0.2) is 0 Å². The van der Waals surface area contributed by atoms with E-state index in [1.165, 1.54) is 0 Å². The van der Waals surface area contributed by atoms with Crippen LogP contribution in [0, 0.1) is 0 Å². The predicted octanol–water partition coefficient (Wildman–Crippen LogP) is 0.238. The highest BCUT2D eigenvalue weighted by atomic mass is 32.2. The largest absolute Gasteiger partial charge is 0.373 e. The van der Waals surface area contributed by atoms with Crippen molar-refractivity contribution in [1.29, 1.82) is 0 Å². The van der Waals surface area contributed by atoms with Gasteiger partial charge in [-0.25, -0.2) is 13.1 Å². The minimum Gasteiger partial charge on any atom is -0.373 e. The highest BCUT2D eigenvalue weighted by Crippen LogP contribution is 2.35. The van der Waals surface area contributed by atoms with E-state index in [-0.39, 0.29) is 22.8 Å². The third-order valence-electron chi connectivity index (χ3n) is 4.55. The molecular formula is C13H22N2O4S. The number of hydrogen-bond donors (Lipinski definition) is 1. The van der Waals surface area contributed by atoms with Crippen LogP contribution in [0.4, 0.5) is 0 Å². The summed E-state index contributed by atoms with van der Waals surface area (Å²) in [6.45, 7) is 3.42. The number of carbonyl (C=O) groups is 1. The zero-order chi connectivity index (χ0) is 14.4. The Labute approximate surface area is 119 Å². The van der Waals surface area contributed by atoms with Crippen molar-refractivity contribution in [2.24, 2.45) is 0 Å². The molecule has 2 heterocycles. The van der Waals surface area contributed by atoms with Crippen LogP contribution in [0.3, 0.4) is 0 Å². The van der Waals surface area contributed by atoms with Crippen molar-refractivity contribution in [2.45, 2.75) is 55.9 Å². The topological polar surface area (TPSA) is 75.7 Å². The maximum absolute atomic E-state index is 12.0. The first-order valence-electron chi connectivity index (χ1n) is 7.31. The molecule has 2 aliphatic heterocycles. The standard InChI is InChI=1S/C13H22N2O4S/c1-10(16)15-6-5-13(9-15)8-11(4-7-19-13)14-20(17,18)12-2-3-12/h11-12,14H,2-9H2,1H3/t11-,13+/m0/s1. The molecule has 1 aliphatic carbocycles. The van der Waals surface area contributed by atoms with Gasteiger partial charge in [-0.15, -0.1) is 0 Å². The maximum Gasteiger partial charge on any atom is 0.219 e. The summed E-state index contributed by atoms with van der Waals surface area (Å²) in [5.41, 5.74) is -0.347. The van der Waals surface area contributed by atoms with Gasteiger partial charge in [0.1, 0.15) is 0 Å². The van der Waals surface area contributed by atoms with Crippen LogP contribution in [0.15, 0.2) is 0 Å². The van der Waals surface area contributed by atoms with Gasteiger partial charge in [-0.3, -0.25) is 4.79 Å². The van der Waals surface area contributed by atoms with Crippen LogP contribution in [0.5, 0.6) is 0 Å². The SMILES string of the molecule is CC(=O)N1CC[C@@]2(C[C@@H](NS(=O)(=O)C3CC3)CCO2)C1. The van der Waals surface area contributed by atoms with Gasteiger partial charge in [0, 0.05) is 32.7 Å². The van der Waals surface area contributed by atoms with Crippen LogP contribution in [-0.4, -0.2) is 55.8 Å². The average Bonchev–Trinajstić information content (AvgIpc) is 3.14. The second kappa shape index (κ2) is 4.96. The van der Waals surface area contributed by atoms with Crippen LogP contribution in [0.25, 0.3) is 0 Å². The molecule has 0 aromatic rings. The fourth-order valence-electron chi connectivity index (χ4n) is 3.23. The third-order valence-corrected chi connectivity index (χ3v) is 6.56. The van der Waals surface area contributed by atoms with Crippen molar-refractivity contribution < 1.29 is 17.9 Å². The number of amides is 1. The van der Waals surface area contributed by atoms with E-state index >= 15 is 0 Å². The zero-order valence-corrected chi connectivity index (χ0v) is 12.6. The molecule has 0 aromatic carbocycles. The summed E-state index contributed by atoms with van der Waals surface area (Å²) in [4.78, 5) is 13.2. The molecule has 1 saturated carbocycles. The lowest BCUT2D eigenvalue weighted by atomic mass is 9.90. The quantitative estimate of drug-likeness (QED) is 0.810. The van der Waals surface area contributed by atoms with Crippen molar-refractivity contribution in [3.05, 3.63) is 0 Å². The molecule has 0 unspecified atom stereocenters. The van der Waals surface area contributed by atoms with Crippen molar-refractivity contribution in [1.82, 2.24) is 9.62 Å². The smallest absolute Gasteiger partial charge is 0.219 e. The highest BCUT2D eigenvalue weighted by Gasteiger charge is 2.46. The number of sulfonamides is 1. The molecule has 3 aliphatic rings. The third kappa shape index (κ3) is 2.84. The van der Waals surface area contributed by atoms with Crippen LogP contribution in [0.2, 0.25) is 0 Å². The van der Waals surface area contributed by atoms with Crippen molar-refractivity contribution in [3.8, 4) is 0 Å². The van der Waals surface area contributed by atoms with Gasteiger partial charge < -0.3 is 9.64 Å². The second-order valence-corrected chi connectivity index (χ2v) is 8.27. The summed E-state index contributed by atoms with van der Waals surface area (Å²) in [5, 5.41) is -0.182. The molecule has 1 amide bonds. The van der Waals surface area contributed by atoms with Crippen molar-refractivity contribution >= 4 is 15.9 Å². The number of carbonyl (C=O) groups excluding carboxylic acids is 1. The number of likely N-dealkylation sites (tertiary alicyclic amines) is 1. The van der Waals surface area contributed by atoms with Crippen molar-refractivity contribution in [2.75, 3.05) is 19.7 Å². The lowest BCUT2D eigenvalue weighted by Crippen LogP contribution is -2.50. The summed E-state index contributed by atoms with van der Waals surface area (Å²) in [6, 6.07) is -0.0544. The number of nitrogens with zero attached hydrogens (tertiary/aromatic N) is 1. The Hall–Kier alpha value is -0.660. The summed E-state index contributed by atoms with van der Waals surface area (Å²) >= 11 is 0. The lowest BCUT2D eigenvalue weighted by Gasteiger charge is -2.38. The zero-order valence-electron chi connectivity index (χ0n) is 11.8. The molecule has 7 heteroatoms. The summed E-state index contributed by atoms with van der Waals surface area (Å²) < 4.78 is 32.8. The van der Waals surface area contributed by atoms with Gasteiger partial charge in [-0.1, -0.05) is 0 Å². The molecule has 0 radical (unpaired) electrons. The van der Waals surface area contributed by atoms with E-state index in [0.717, 1.165) is 19.3 Å². The highest BCUT2D eigenvalue weighted by molar-refractivity contribution is 7.90. The molecule has 114 valence electrons. The lowest BCUT2D eigenvalue weighted by molar-refractivity contribution is -0.130. The van der Waals surface area contributed by atoms with Crippen LogP contribution in [-0.2, 0) is 19.6 Å². The Balaban J connectivity index is 1.63. The summed E-state index contributed by atoms with van der Waals surface area (Å²) in [5.74, 6) is 0.0613. The second-order valence-electron chi connectivity index (χ2n) is 6.27. The first-order valence-corrected chi connectivity index (χ1v) is 8.85. The molecule has 2 saturated heterocycles. The van der Waals surface area contributed by atoms with Gasteiger partial charge in [0.25, 0.3) is 0 Å². The molecule has 1 N–H and O–H groups in total. The first-order chi connectivity index (χ1) is 9.40. The number of hydrogen-bond acceptors (Lipinski definition) is 4. The van der Waals surface area contributed by atoms with Gasteiger partial charge in [-0.2, -0.15) is 0 Å². The molecule has 20 heavy (non-hydrogen) atoms. The fraction of sp³-hybridized carbons (Fsp3) is 0.923. The van der Waals surface area contributed by atoms with Crippen molar-refractivity contribution in [3.63, 3.8) is 0 Å². The van der Waals surface area contributed by atoms with E-state index < -0.39 is 10.0 Å². The Morgan fingerprint density at radius 2 is 2.10 bits per heavy atom. The molecule has 0 bridgehead atoms. The van der Waals surface area contributed by atoms with Gasteiger partial charge in [-0.05, 0) is 32.1 Å². The van der Waals surface area contributed by atoms with Gasteiger partial charge in [0.05, 0.1) is 10.9 Å². The Morgan fingerprint density at radius 1 is 1.35 bits per heavy atom. The molecule has 3 rings (SSSR count). The van der Waals surface area contributed by atoms with E-state index in [4.69, 9.17) is 4.74 Å². The first kappa shape index (κ1) is 14.3. The van der Waals surface area contributed by atoms with Crippen LogP contribution in [0.1, 0.15) is 39.0 Å². The number of ether oxygens (including phenoxy) is 1. The van der Waals surface area contributed by atoms with Crippen LogP contribution >= 0.6 is 0 Å². The van der Waals surface area contributed by atoms with Crippen LogP contribution < -0.4 is 4.72 Å². The van der Waals surface area contributed by atoms with E-state index in [0.29, 0.717) is 32.5 Å². The van der Waals surface area contributed by atoms with E-state index in [9.17, 15) is 13.2 Å². The Kier molecular flexibility index (Phi) is 3.54. The van der Waals surface area contributed by atoms with E-state index in [1.54, 1.807) is 11.8 Å². The molecule has 6 nitrogen and oxygen atoms in total. The normalized spacial score (nSPS) is 34.6. The Bertz CT molecular complexity index is 503. The minimum atomic E-state index is -3.15. The maximum atomic E-state index is 12.0. The number of nitrogens with one attached hydrogen (secondary N) is 1. The molecule has 1 spiro atoms. The van der Waals surface area contributed by atoms with Gasteiger partial charge in [0.2, 0.25) is 15.9 Å². The molecule has 0 aromatic heterocycles. The summed E-state index contributed by atoms with van der Waals surface area (Å²) in [6.07, 6.45) is 3.74. The predicted molar refractivity (Wildman–Crippen MR) is 73.7 cm³/mol. The molecule has 3 fully saturated rings. The summed E-state index contributed by atoms with van der Waals surface area (Å²) in [7, 11) is -3.15. The molecular weight excluding hydrogens is 280 g/mol. The average molecular weight is 302 g/mol. The Morgan fingerprint density at radius 3 is 2.70 bits per heavy atom. The minimum absolute atomic E-state index is 0.0544. The van der Waals surface area contributed by atoms with E-state index in [2.05, 4.69) is 4.72 Å². The fourth-order valence-corrected chi connectivity index (χ4v) is 4.85. The van der Waals surface area contributed by atoms with Gasteiger partial charge >= 0.3 is 0 Å². The number of rotatable bonds is 3. The van der Waals surface area contributed by atoms with E-state index in [1.807, 2.05) is 0 Å². The monoisotopic (exact) mass is 302 g/mol. The molecule has 2 atom stereocenters.